The molecule has 0 saturated carbocycles. The van der Waals surface area contributed by atoms with Crippen LogP contribution in [0.4, 0.5) is 0 Å². The van der Waals surface area contributed by atoms with Gasteiger partial charge >= 0.3 is 0 Å². The van der Waals surface area contributed by atoms with Crippen molar-refractivity contribution in [3.63, 3.8) is 0 Å². The van der Waals surface area contributed by atoms with Crippen molar-refractivity contribution in [2.45, 2.75) is 6.54 Å². The highest BCUT2D eigenvalue weighted by Gasteiger charge is 2.04. The molecule has 0 amide bonds. The minimum atomic E-state index is 0.572. The van der Waals surface area contributed by atoms with Gasteiger partial charge in [0.15, 0.2) is 5.11 Å². The number of nitrogens with one attached hydrogen (secondary N) is 1. The van der Waals surface area contributed by atoms with Gasteiger partial charge in [-0.2, -0.15) is 0 Å². The smallest absolute Gasteiger partial charge is 0.169 e. The number of hydrogen-bond donors (Lipinski definition) is 1. The molecule has 0 fully saturated rings. The van der Waals surface area contributed by atoms with E-state index in [9.17, 15) is 0 Å². The quantitative estimate of drug-likeness (QED) is 0.703. The molecule has 2 rings (SSSR count). The molecule has 0 unspecified atom stereocenters. The molecule has 24 heavy (non-hydrogen) atoms. The third-order valence-corrected chi connectivity index (χ3v) is 4.44. The fraction of sp³-hybridized carbons (Fsp3) is 0.278. The third kappa shape index (κ3) is 6.02. The predicted molar refractivity (Wildman–Crippen MR) is 105 cm³/mol. The maximum Gasteiger partial charge on any atom is 0.169 e. The minimum absolute atomic E-state index is 0.572. The van der Waals surface area contributed by atoms with Crippen LogP contribution in [-0.4, -0.2) is 37.3 Å². The molecule has 0 aliphatic heterocycles. The van der Waals surface area contributed by atoms with E-state index in [2.05, 4.69) is 21.2 Å². The first-order valence-electron chi connectivity index (χ1n) is 7.59. The lowest BCUT2D eigenvalue weighted by Gasteiger charge is -2.21. The van der Waals surface area contributed by atoms with Crippen LogP contribution < -0.4 is 14.8 Å². The first-order chi connectivity index (χ1) is 11.6. The fourth-order valence-electron chi connectivity index (χ4n) is 1.99. The molecule has 0 heterocycles. The van der Waals surface area contributed by atoms with Gasteiger partial charge in [0.25, 0.3) is 0 Å². The van der Waals surface area contributed by atoms with Crippen LogP contribution in [0.5, 0.6) is 11.5 Å². The van der Waals surface area contributed by atoms with Crippen LogP contribution in [0.3, 0.4) is 0 Å². The third-order valence-electron chi connectivity index (χ3n) is 3.46. The summed E-state index contributed by atoms with van der Waals surface area (Å²) in [6, 6.07) is 15.7. The summed E-state index contributed by atoms with van der Waals surface area (Å²) in [5.74, 6) is 1.70. The van der Waals surface area contributed by atoms with E-state index in [1.165, 1.54) is 0 Å². The monoisotopic (exact) mass is 408 g/mol. The first-order valence-corrected chi connectivity index (χ1v) is 8.79. The van der Waals surface area contributed by atoms with Gasteiger partial charge < -0.3 is 19.7 Å². The molecular formula is C18H21BrN2O2S. The number of methoxy groups -OCH3 is 1. The lowest BCUT2D eigenvalue weighted by molar-refractivity contribution is 0.283. The van der Waals surface area contributed by atoms with E-state index in [4.69, 9.17) is 21.7 Å². The lowest BCUT2D eigenvalue weighted by atomic mass is 10.2. The molecule has 0 saturated heterocycles. The van der Waals surface area contributed by atoms with Crippen molar-refractivity contribution in [2.75, 3.05) is 27.3 Å². The number of thiocarbonyl (C=S) groups is 1. The molecule has 6 heteroatoms. The molecule has 2 aromatic rings. The Morgan fingerprint density at radius 2 is 1.71 bits per heavy atom. The summed E-state index contributed by atoms with van der Waals surface area (Å²) in [6.07, 6.45) is 0. The molecule has 0 aromatic heterocycles. The van der Waals surface area contributed by atoms with Gasteiger partial charge in [-0.05, 0) is 54.2 Å². The van der Waals surface area contributed by atoms with Crippen LogP contribution in [0.2, 0.25) is 0 Å². The molecule has 0 bridgehead atoms. The molecule has 2 aromatic carbocycles. The molecule has 0 aliphatic carbocycles. The Balaban J connectivity index is 1.70. The van der Waals surface area contributed by atoms with Crippen LogP contribution in [-0.2, 0) is 6.54 Å². The van der Waals surface area contributed by atoms with Gasteiger partial charge in [-0.15, -0.1) is 0 Å². The molecule has 0 atom stereocenters. The molecule has 0 radical (unpaired) electrons. The highest BCUT2D eigenvalue weighted by atomic mass is 79.9. The Hall–Kier alpha value is -1.79. The number of hydrogen-bond acceptors (Lipinski definition) is 3. The number of nitrogens with zero attached hydrogens (tertiary/aromatic N) is 1. The summed E-state index contributed by atoms with van der Waals surface area (Å²) in [5, 5.41) is 3.95. The fourth-order valence-corrected chi connectivity index (χ4v) is 2.42. The maximum absolute atomic E-state index is 5.71. The molecule has 1 N–H and O–H groups in total. The average molecular weight is 409 g/mol. The van der Waals surface area contributed by atoms with E-state index in [-0.39, 0.29) is 0 Å². The van der Waals surface area contributed by atoms with Gasteiger partial charge in [-0.3, -0.25) is 0 Å². The number of benzene rings is 2. The molecule has 0 aliphatic rings. The van der Waals surface area contributed by atoms with Gasteiger partial charge in [-0.1, -0.05) is 28.1 Å². The van der Waals surface area contributed by atoms with Crippen molar-refractivity contribution in [2.24, 2.45) is 0 Å². The molecule has 128 valence electrons. The number of ether oxygens (including phenoxy) is 2. The number of halogens is 1. The Kier molecular flexibility index (Phi) is 7.34. The summed E-state index contributed by atoms with van der Waals surface area (Å²) in [7, 11) is 3.61. The number of likely N-dealkylation sites (N-methyl/N-ethyl adjacent to an activating group) is 1. The zero-order valence-electron chi connectivity index (χ0n) is 13.8. The minimum Gasteiger partial charge on any atom is -0.497 e. The van der Waals surface area contributed by atoms with Gasteiger partial charge in [0.2, 0.25) is 0 Å². The summed E-state index contributed by atoms with van der Waals surface area (Å²) >= 11 is 8.80. The Morgan fingerprint density at radius 3 is 2.33 bits per heavy atom. The standard InChI is InChI=1S/C18H21BrN2O2S/c1-21(11-12-23-17-9-5-15(19)6-10-17)18(24)20-13-14-3-7-16(22-2)8-4-14/h3-10H,11-13H2,1-2H3,(H,20,24). The second-order valence-corrected chi connectivity index (χ2v) is 6.53. The lowest BCUT2D eigenvalue weighted by Crippen LogP contribution is -2.38. The van der Waals surface area contributed by atoms with Crippen molar-refractivity contribution in [3.05, 3.63) is 58.6 Å². The second-order valence-electron chi connectivity index (χ2n) is 5.23. The second kappa shape index (κ2) is 9.49. The Labute approximate surface area is 156 Å². The largest absolute Gasteiger partial charge is 0.497 e. The summed E-state index contributed by atoms with van der Waals surface area (Å²) in [6.45, 7) is 1.97. The number of rotatable bonds is 7. The van der Waals surface area contributed by atoms with Gasteiger partial charge in [0.1, 0.15) is 18.1 Å². The molecule has 0 spiro atoms. The normalized spacial score (nSPS) is 10.1. The zero-order valence-corrected chi connectivity index (χ0v) is 16.2. The summed E-state index contributed by atoms with van der Waals surface area (Å²) < 4.78 is 11.9. The van der Waals surface area contributed by atoms with Crippen LogP contribution in [0.25, 0.3) is 0 Å². The zero-order chi connectivity index (χ0) is 17.4. The summed E-state index contributed by atoms with van der Waals surface area (Å²) in [4.78, 5) is 1.97. The molecule has 4 nitrogen and oxygen atoms in total. The van der Waals surface area contributed by atoms with Gasteiger partial charge in [0, 0.05) is 18.1 Å². The average Bonchev–Trinajstić information content (AvgIpc) is 2.61. The van der Waals surface area contributed by atoms with E-state index in [1.807, 2.05) is 60.5 Å². The Morgan fingerprint density at radius 1 is 1.08 bits per heavy atom. The topological polar surface area (TPSA) is 33.7 Å². The van der Waals surface area contributed by atoms with E-state index in [1.54, 1.807) is 7.11 Å². The van der Waals surface area contributed by atoms with Crippen molar-refractivity contribution in [1.82, 2.24) is 10.2 Å². The summed E-state index contributed by atoms with van der Waals surface area (Å²) in [5.41, 5.74) is 1.15. The maximum atomic E-state index is 5.71. The van der Waals surface area contributed by atoms with Crippen LogP contribution >= 0.6 is 28.1 Å². The van der Waals surface area contributed by atoms with E-state index in [0.717, 1.165) is 21.5 Å². The van der Waals surface area contributed by atoms with Gasteiger partial charge in [0.05, 0.1) is 13.7 Å². The predicted octanol–water partition coefficient (Wildman–Crippen LogP) is 3.84. The Bertz CT molecular complexity index is 647. The van der Waals surface area contributed by atoms with E-state index in [0.29, 0.717) is 24.8 Å². The first kappa shape index (κ1) is 18.5. The SMILES string of the molecule is COc1ccc(CNC(=S)N(C)CCOc2ccc(Br)cc2)cc1. The van der Waals surface area contributed by atoms with Crippen LogP contribution in [0.15, 0.2) is 53.0 Å². The highest BCUT2D eigenvalue weighted by Crippen LogP contribution is 2.16. The van der Waals surface area contributed by atoms with Crippen molar-refractivity contribution in [3.8, 4) is 11.5 Å². The van der Waals surface area contributed by atoms with Gasteiger partial charge in [-0.25, -0.2) is 0 Å². The van der Waals surface area contributed by atoms with Crippen LogP contribution in [0.1, 0.15) is 5.56 Å². The van der Waals surface area contributed by atoms with Crippen molar-refractivity contribution < 1.29 is 9.47 Å². The van der Waals surface area contributed by atoms with E-state index < -0.39 is 0 Å². The van der Waals surface area contributed by atoms with Crippen molar-refractivity contribution >= 4 is 33.3 Å². The van der Waals surface area contributed by atoms with Crippen LogP contribution in [0, 0.1) is 0 Å². The highest BCUT2D eigenvalue weighted by molar-refractivity contribution is 9.10. The van der Waals surface area contributed by atoms with Crippen molar-refractivity contribution in [1.29, 1.82) is 0 Å². The van der Waals surface area contributed by atoms with E-state index >= 15 is 0 Å². The molecular weight excluding hydrogens is 388 g/mol.